The standard InChI is InChI=1S/C18H17BrF4/c1-2-3-12-4-6-13(7-5-12)8-9-14-10-15(20)17(16(21)11-14)18(19,22)23/h4-7,10-11H,2-3,8-9H2,1H3. The number of alkyl halides is 3. The van der Waals surface area contributed by atoms with Crippen molar-refractivity contribution in [2.75, 3.05) is 0 Å². The van der Waals surface area contributed by atoms with E-state index < -0.39 is 22.0 Å². The van der Waals surface area contributed by atoms with Crippen LogP contribution in [0.4, 0.5) is 17.6 Å². The maximum atomic E-state index is 13.7. The molecule has 124 valence electrons. The summed E-state index contributed by atoms with van der Waals surface area (Å²) in [6, 6.07) is 9.98. The van der Waals surface area contributed by atoms with Gasteiger partial charge in [0, 0.05) is 0 Å². The highest BCUT2D eigenvalue weighted by Crippen LogP contribution is 2.38. The van der Waals surface area contributed by atoms with Crippen LogP contribution >= 0.6 is 15.9 Å². The average molecular weight is 389 g/mol. The molecule has 5 heteroatoms. The summed E-state index contributed by atoms with van der Waals surface area (Å²) in [6.07, 6.45) is 3.06. The van der Waals surface area contributed by atoms with Crippen LogP contribution in [0.3, 0.4) is 0 Å². The number of rotatable bonds is 6. The molecule has 0 unspecified atom stereocenters. The van der Waals surface area contributed by atoms with Gasteiger partial charge in [0.15, 0.2) is 0 Å². The summed E-state index contributed by atoms with van der Waals surface area (Å²) in [7, 11) is 0. The molecule has 0 aromatic heterocycles. The summed E-state index contributed by atoms with van der Waals surface area (Å²) < 4.78 is 53.6. The maximum absolute atomic E-state index is 13.7. The van der Waals surface area contributed by atoms with Gasteiger partial charge < -0.3 is 0 Å². The van der Waals surface area contributed by atoms with Crippen molar-refractivity contribution in [3.8, 4) is 0 Å². The summed E-state index contributed by atoms with van der Waals surface area (Å²) in [4.78, 5) is -3.71. The molecule has 0 N–H and O–H groups in total. The Balaban J connectivity index is 2.09. The lowest BCUT2D eigenvalue weighted by atomic mass is 10.0. The molecule has 2 aromatic rings. The molecule has 0 aliphatic heterocycles. The van der Waals surface area contributed by atoms with E-state index in [2.05, 4.69) is 6.92 Å². The van der Waals surface area contributed by atoms with Crippen LogP contribution < -0.4 is 0 Å². The fourth-order valence-electron chi connectivity index (χ4n) is 2.49. The number of hydrogen-bond acceptors (Lipinski definition) is 0. The van der Waals surface area contributed by atoms with E-state index in [1.165, 1.54) is 5.56 Å². The van der Waals surface area contributed by atoms with Gasteiger partial charge in [0.2, 0.25) is 0 Å². The van der Waals surface area contributed by atoms with Gasteiger partial charge in [-0.3, -0.25) is 0 Å². The summed E-state index contributed by atoms with van der Waals surface area (Å²) in [5.74, 6) is -2.47. The molecule has 0 aliphatic carbocycles. The Morgan fingerprint density at radius 1 is 0.826 bits per heavy atom. The zero-order chi connectivity index (χ0) is 17.0. The van der Waals surface area contributed by atoms with E-state index in [0.29, 0.717) is 18.4 Å². The first-order chi connectivity index (χ1) is 10.8. The molecule has 0 amide bonds. The molecule has 2 aromatic carbocycles. The highest BCUT2D eigenvalue weighted by molar-refractivity contribution is 9.09. The largest absolute Gasteiger partial charge is 0.332 e. The molecule has 0 radical (unpaired) electrons. The zero-order valence-electron chi connectivity index (χ0n) is 12.7. The SMILES string of the molecule is CCCc1ccc(CCc2cc(F)c(C(F)(F)Br)c(F)c2)cc1. The van der Waals surface area contributed by atoms with Crippen LogP contribution in [-0.4, -0.2) is 0 Å². The van der Waals surface area contributed by atoms with E-state index in [0.717, 1.165) is 30.5 Å². The Labute approximate surface area is 141 Å². The van der Waals surface area contributed by atoms with Gasteiger partial charge in [0.05, 0.1) is 0 Å². The first-order valence-corrected chi connectivity index (χ1v) is 8.23. The smallest absolute Gasteiger partial charge is 0.206 e. The number of aryl methyl sites for hydroxylation is 3. The zero-order valence-corrected chi connectivity index (χ0v) is 14.3. The molecular formula is C18H17BrF4. The first-order valence-electron chi connectivity index (χ1n) is 7.44. The third-order valence-corrected chi connectivity index (χ3v) is 4.05. The summed E-state index contributed by atoms with van der Waals surface area (Å²) in [5.41, 5.74) is 1.40. The topological polar surface area (TPSA) is 0 Å². The molecule has 0 bridgehead atoms. The first kappa shape index (κ1) is 18.0. The minimum atomic E-state index is -3.71. The van der Waals surface area contributed by atoms with Crippen molar-refractivity contribution in [1.82, 2.24) is 0 Å². The van der Waals surface area contributed by atoms with Gasteiger partial charge in [-0.1, -0.05) is 37.6 Å². The molecule has 0 spiro atoms. The van der Waals surface area contributed by atoms with E-state index in [1.54, 1.807) is 0 Å². The lowest BCUT2D eigenvalue weighted by Gasteiger charge is -2.12. The normalized spacial score (nSPS) is 11.7. The number of benzene rings is 2. The summed E-state index contributed by atoms with van der Waals surface area (Å²) in [6.45, 7) is 2.11. The van der Waals surface area contributed by atoms with Gasteiger partial charge in [0.25, 0.3) is 0 Å². The highest BCUT2D eigenvalue weighted by Gasteiger charge is 2.34. The quantitative estimate of drug-likeness (QED) is 0.411. The lowest BCUT2D eigenvalue weighted by Crippen LogP contribution is -2.10. The van der Waals surface area contributed by atoms with Crippen LogP contribution in [0.1, 0.15) is 35.6 Å². The predicted octanol–water partition coefficient (Wildman–Crippen LogP) is 6.15. The molecule has 0 heterocycles. The van der Waals surface area contributed by atoms with Gasteiger partial charge in [-0.2, -0.15) is 8.78 Å². The van der Waals surface area contributed by atoms with E-state index in [1.807, 2.05) is 40.2 Å². The third kappa shape index (κ3) is 4.80. The minimum Gasteiger partial charge on any atom is -0.206 e. The fraction of sp³-hybridized carbons (Fsp3) is 0.333. The van der Waals surface area contributed by atoms with Crippen LogP contribution in [0.2, 0.25) is 0 Å². The molecule has 0 atom stereocenters. The summed E-state index contributed by atoms with van der Waals surface area (Å²) in [5, 5.41) is 0. The van der Waals surface area contributed by atoms with Crippen molar-refractivity contribution < 1.29 is 17.6 Å². The highest BCUT2D eigenvalue weighted by atomic mass is 79.9. The van der Waals surface area contributed by atoms with Gasteiger partial charge in [-0.05, 0) is 64.0 Å². The van der Waals surface area contributed by atoms with E-state index in [4.69, 9.17) is 0 Å². The van der Waals surface area contributed by atoms with E-state index in [-0.39, 0.29) is 0 Å². The Kier molecular flexibility index (Phi) is 5.84. The monoisotopic (exact) mass is 388 g/mol. The molecular weight excluding hydrogens is 372 g/mol. The van der Waals surface area contributed by atoms with Gasteiger partial charge in [-0.15, -0.1) is 0 Å². The van der Waals surface area contributed by atoms with Gasteiger partial charge >= 0.3 is 4.83 Å². The number of hydrogen-bond donors (Lipinski definition) is 0. The van der Waals surface area contributed by atoms with Crippen LogP contribution in [0, 0.1) is 11.6 Å². The second-order valence-electron chi connectivity index (χ2n) is 5.50. The van der Waals surface area contributed by atoms with Crippen molar-refractivity contribution in [3.05, 3.63) is 70.3 Å². The molecule has 0 saturated heterocycles. The van der Waals surface area contributed by atoms with Crippen molar-refractivity contribution in [3.63, 3.8) is 0 Å². The Hall–Kier alpha value is -1.36. The molecule has 23 heavy (non-hydrogen) atoms. The summed E-state index contributed by atoms with van der Waals surface area (Å²) >= 11 is 1.99. The van der Waals surface area contributed by atoms with Crippen LogP contribution in [0.25, 0.3) is 0 Å². The Morgan fingerprint density at radius 3 is 1.70 bits per heavy atom. The Bertz CT molecular complexity index is 637. The molecule has 0 aliphatic rings. The van der Waals surface area contributed by atoms with Crippen molar-refractivity contribution in [1.29, 1.82) is 0 Å². The second-order valence-corrected chi connectivity index (χ2v) is 6.49. The molecule has 0 fully saturated rings. The third-order valence-electron chi connectivity index (χ3n) is 3.65. The van der Waals surface area contributed by atoms with E-state index >= 15 is 0 Å². The van der Waals surface area contributed by atoms with Crippen molar-refractivity contribution >= 4 is 15.9 Å². The van der Waals surface area contributed by atoms with Gasteiger partial charge in [0.1, 0.15) is 17.2 Å². The van der Waals surface area contributed by atoms with Crippen molar-refractivity contribution in [2.24, 2.45) is 0 Å². The van der Waals surface area contributed by atoms with Crippen LogP contribution in [0.15, 0.2) is 36.4 Å². The maximum Gasteiger partial charge on any atom is 0.332 e. The van der Waals surface area contributed by atoms with Crippen LogP contribution in [0.5, 0.6) is 0 Å². The lowest BCUT2D eigenvalue weighted by molar-refractivity contribution is 0.105. The fourth-order valence-corrected chi connectivity index (χ4v) is 2.87. The second kappa shape index (κ2) is 7.47. The minimum absolute atomic E-state index is 0.359. The van der Waals surface area contributed by atoms with E-state index in [9.17, 15) is 17.6 Å². The van der Waals surface area contributed by atoms with Crippen molar-refractivity contribution in [2.45, 2.75) is 37.4 Å². The molecule has 2 rings (SSSR count). The van der Waals surface area contributed by atoms with Crippen LogP contribution in [-0.2, 0) is 24.1 Å². The average Bonchev–Trinajstić information content (AvgIpc) is 2.44. The molecule has 0 saturated carbocycles. The number of halogens is 5. The van der Waals surface area contributed by atoms with Gasteiger partial charge in [-0.25, -0.2) is 8.78 Å². The Morgan fingerprint density at radius 2 is 1.26 bits per heavy atom. The predicted molar refractivity (Wildman–Crippen MR) is 87.0 cm³/mol. The molecule has 0 nitrogen and oxygen atoms in total.